The van der Waals surface area contributed by atoms with Gasteiger partial charge in [-0.25, -0.2) is 0 Å². The van der Waals surface area contributed by atoms with Crippen LogP contribution in [0.2, 0.25) is 0 Å². The first-order chi connectivity index (χ1) is 14.1. The molecule has 6 heteroatoms. The second kappa shape index (κ2) is 10.1. The SMILES string of the molecule is CCN(CC)Cc1ccc(C(=O)NNC(=O)CN2CCCc3ccccc32)cc1. The average Bonchev–Trinajstić information content (AvgIpc) is 2.76. The Labute approximate surface area is 172 Å². The van der Waals surface area contributed by atoms with Gasteiger partial charge in [0.2, 0.25) is 0 Å². The average molecular weight is 395 g/mol. The molecule has 2 amide bonds. The molecule has 0 fully saturated rings. The Morgan fingerprint density at radius 2 is 1.72 bits per heavy atom. The van der Waals surface area contributed by atoms with Gasteiger partial charge < -0.3 is 4.90 Å². The highest BCUT2D eigenvalue weighted by molar-refractivity contribution is 5.95. The Hall–Kier alpha value is -2.86. The van der Waals surface area contributed by atoms with Gasteiger partial charge in [-0.05, 0) is 55.3 Å². The van der Waals surface area contributed by atoms with Crippen molar-refractivity contribution in [2.45, 2.75) is 33.2 Å². The summed E-state index contributed by atoms with van der Waals surface area (Å²) in [5.74, 6) is -0.542. The summed E-state index contributed by atoms with van der Waals surface area (Å²) in [6, 6.07) is 15.7. The summed E-state index contributed by atoms with van der Waals surface area (Å²) < 4.78 is 0. The van der Waals surface area contributed by atoms with Gasteiger partial charge in [0.15, 0.2) is 0 Å². The maximum absolute atomic E-state index is 12.3. The van der Waals surface area contributed by atoms with Gasteiger partial charge in [0.1, 0.15) is 0 Å². The number of benzene rings is 2. The number of hydrazine groups is 1. The fraction of sp³-hybridized carbons (Fsp3) is 0.391. The molecule has 1 aliphatic heterocycles. The minimum absolute atomic E-state index is 0.222. The van der Waals surface area contributed by atoms with Crippen LogP contribution in [0, 0.1) is 0 Å². The molecule has 0 atom stereocenters. The number of nitrogens with one attached hydrogen (secondary N) is 2. The molecule has 2 aromatic carbocycles. The second-order valence-electron chi connectivity index (χ2n) is 7.31. The zero-order chi connectivity index (χ0) is 20.6. The van der Waals surface area contributed by atoms with Crippen molar-refractivity contribution in [2.75, 3.05) is 31.1 Å². The molecule has 0 bridgehead atoms. The molecule has 0 unspecified atom stereocenters. The molecule has 2 N–H and O–H groups in total. The predicted molar refractivity (Wildman–Crippen MR) is 116 cm³/mol. The van der Waals surface area contributed by atoms with E-state index in [4.69, 9.17) is 0 Å². The number of carbonyl (C=O) groups is 2. The molecule has 0 aliphatic carbocycles. The third kappa shape index (κ3) is 5.57. The van der Waals surface area contributed by atoms with Crippen molar-refractivity contribution >= 4 is 17.5 Å². The van der Waals surface area contributed by atoms with Crippen LogP contribution in [-0.2, 0) is 17.8 Å². The molecule has 0 radical (unpaired) electrons. The minimum Gasteiger partial charge on any atom is -0.362 e. The first-order valence-electron chi connectivity index (χ1n) is 10.3. The third-order valence-electron chi connectivity index (χ3n) is 5.37. The maximum atomic E-state index is 12.3. The Morgan fingerprint density at radius 3 is 2.45 bits per heavy atom. The summed E-state index contributed by atoms with van der Waals surface area (Å²) in [6.07, 6.45) is 2.06. The quantitative estimate of drug-likeness (QED) is 0.709. The van der Waals surface area contributed by atoms with Crippen LogP contribution in [0.4, 0.5) is 5.69 Å². The third-order valence-corrected chi connectivity index (χ3v) is 5.37. The van der Waals surface area contributed by atoms with Crippen molar-refractivity contribution in [3.63, 3.8) is 0 Å². The van der Waals surface area contributed by atoms with Crippen LogP contribution in [0.3, 0.4) is 0 Å². The predicted octanol–water partition coefficient (Wildman–Crippen LogP) is 2.74. The molecule has 0 saturated carbocycles. The molecular formula is C23H30N4O2. The van der Waals surface area contributed by atoms with Gasteiger partial charge in [-0.15, -0.1) is 0 Å². The van der Waals surface area contributed by atoms with Crippen molar-refractivity contribution < 1.29 is 9.59 Å². The van der Waals surface area contributed by atoms with E-state index < -0.39 is 0 Å². The number of hydrogen-bond donors (Lipinski definition) is 2. The summed E-state index contributed by atoms with van der Waals surface area (Å²) in [5.41, 5.74) is 9.11. The van der Waals surface area contributed by atoms with Crippen molar-refractivity contribution in [3.05, 3.63) is 65.2 Å². The van der Waals surface area contributed by atoms with Crippen LogP contribution in [0.25, 0.3) is 0 Å². The van der Waals surface area contributed by atoms with E-state index in [1.54, 1.807) is 12.1 Å². The molecule has 6 nitrogen and oxygen atoms in total. The molecule has 0 spiro atoms. The molecule has 0 saturated heterocycles. The van der Waals surface area contributed by atoms with Crippen LogP contribution < -0.4 is 15.8 Å². The van der Waals surface area contributed by atoms with Crippen molar-refractivity contribution in [1.29, 1.82) is 0 Å². The maximum Gasteiger partial charge on any atom is 0.269 e. The zero-order valence-electron chi connectivity index (χ0n) is 17.3. The number of aryl methyl sites for hydroxylation is 1. The number of para-hydroxylation sites is 1. The van der Waals surface area contributed by atoms with Crippen LogP contribution >= 0.6 is 0 Å². The number of hydrogen-bond acceptors (Lipinski definition) is 4. The molecule has 154 valence electrons. The van der Waals surface area contributed by atoms with Gasteiger partial charge in [0, 0.05) is 24.3 Å². The van der Waals surface area contributed by atoms with E-state index in [0.717, 1.165) is 50.3 Å². The fourth-order valence-electron chi connectivity index (χ4n) is 3.65. The summed E-state index contributed by atoms with van der Waals surface area (Å²) in [5, 5.41) is 0. The van der Waals surface area contributed by atoms with Crippen molar-refractivity contribution in [1.82, 2.24) is 15.8 Å². The van der Waals surface area contributed by atoms with E-state index in [0.29, 0.717) is 5.56 Å². The van der Waals surface area contributed by atoms with Gasteiger partial charge in [0.25, 0.3) is 11.8 Å². The first-order valence-corrected chi connectivity index (χ1v) is 10.3. The van der Waals surface area contributed by atoms with E-state index in [2.05, 4.69) is 40.6 Å². The number of anilines is 1. The lowest BCUT2D eigenvalue weighted by Crippen LogP contribution is -2.47. The van der Waals surface area contributed by atoms with Gasteiger partial charge in [-0.3, -0.25) is 25.3 Å². The molecule has 0 aromatic heterocycles. The van der Waals surface area contributed by atoms with E-state index >= 15 is 0 Å². The Balaban J connectivity index is 1.50. The molecule has 3 rings (SSSR count). The van der Waals surface area contributed by atoms with Gasteiger partial charge in [-0.2, -0.15) is 0 Å². The highest BCUT2D eigenvalue weighted by Gasteiger charge is 2.19. The highest BCUT2D eigenvalue weighted by Crippen LogP contribution is 2.26. The normalized spacial score (nSPS) is 13.1. The molecular weight excluding hydrogens is 364 g/mol. The van der Waals surface area contributed by atoms with Crippen molar-refractivity contribution in [3.8, 4) is 0 Å². The molecule has 1 aliphatic rings. The van der Waals surface area contributed by atoms with Gasteiger partial charge >= 0.3 is 0 Å². The van der Waals surface area contributed by atoms with Gasteiger partial charge in [0.05, 0.1) is 6.54 Å². The van der Waals surface area contributed by atoms with Crippen LogP contribution in [0.15, 0.2) is 48.5 Å². The lowest BCUT2D eigenvalue weighted by molar-refractivity contribution is -0.120. The Kier molecular flexibility index (Phi) is 7.25. The lowest BCUT2D eigenvalue weighted by atomic mass is 10.0. The number of carbonyl (C=O) groups excluding carboxylic acids is 2. The summed E-state index contributed by atoms with van der Waals surface area (Å²) >= 11 is 0. The Morgan fingerprint density at radius 1 is 1.00 bits per heavy atom. The Bertz CT molecular complexity index is 831. The summed E-state index contributed by atoms with van der Waals surface area (Å²) in [4.78, 5) is 29.0. The van der Waals surface area contributed by atoms with E-state index in [-0.39, 0.29) is 18.4 Å². The largest absolute Gasteiger partial charge is 0.362 e. The topological polar surface area (TPSA) is 64.7 Å². The molecule has 29 heavy (non-hydrogen) atoms. The van der Waals surface area contributed by atoms with Crippen LogP contribution in [0.1, 0.15) is 41.8 Å². The fourth-order valence-corrected chi connectivity index (χ4v) is 3.65. The molecule has 1 heterocycles. The summed E-state index contributed by atoms with van der Waals surface area (Å²) in [6.45, 7) is 8.18. The number of fused-ring (bicyclic) bond motifs is 1. The van der Waals surface area contributed by atoms with E-state index in [1.165, 1.54) is 5.56 Å². The van der Waals surface area contributed by atoms with Crippen molar-refractivity contribution in [2.24, 2.45) is 0 Å². The van der Waals surface area contributed by atoms with E-state index in [1.807, 2.05) is 30.3 Å². The zero-order valence-corrected chi connectivity index (χ0v) is 17.3. The highest BCUT2D eigenvalue weighted by atomic mass is 16.2. The van der Waals surface area contributed by atoms with Crippen LogP contribution in [0.5, 0.6) is 0 Å². The summed E-state index contributed by atoms with van der Waals surface area (Å²) in [7, 11) is 0. The molecule has 2 aromatic rings. The second-order valence-corrected chi connectivity index (χ2v) is 7.31. The number of rotatable bonds is 7. The minimum atomic E-state index is -0.313. The first kappa shape index (κ1) is 20.9. The van der Waals surface area contributed by atoms with Gasteiger partial charge in [-0.1, -0.05) is 44.2 Å². The number of amides is 2. The standard InChI is InChI=1S/C23H30N4O2/c1-3-26(4-2)16-18-11-13-20(14-12-18)23(29)25-24-22(28)17-27-15-7-9-19-8-5-6-10-21(19)27/h5-6,8,10-14H,3-4,7,9,15-17H2,1-2H3,(H,24,28)(H,25,29). The van der Waals surface area contributed by atoms with E-state index in [9.17, 15) is 9.59 Å². The smallest absolute Gasteiger partial charge is 0.269 e. The monoisotopic (exact) mass is 394 g/mol. The number of nitrogens with zero attached hydrogens (tertiary/aromatic N) is 2. The lowest BCUT2D eigenvalue weighted by Gasteiger charge is -2.30. The van der Waals surface area contributed by atoms with Crippen LogP contribution in [-0.4, -0.2) is 42.9 Å².